The van der Waals surface area contributed by atoms with Crippen LogP contribution >= 0.6 is 0 Å². The van der Waals surface area contributed by atoms with Crippen LogP contribution in [0.15, 0.2) is 36.9 Å². The molecule has 0 aliphatic heterocycles. The van der Waals surface area contributed by atoms with Crippen molar-refractivity contribution >= 4 is 5.97 Å². The monoisotopic (exact) mass is 275 g/mol. The molecular formula is C14H17N3O3. The maximum absolute atomic E-state index is 11.7. The number of benzene rings is 1. The van der Waals surface area contributed by atoms with E-state index in [0.29, 0.717) is 5.75 Å². The first-order chi connectivity index (χ1) is 9.56. The quantitative estimate of drug-likeness (QED) is 0.781. The van der Waals surface area contributed by atoms with Crippen LogP contribution in [0.4, 0.5) is 0 Å². The third kappa shape index (κ3) is 3.57. The zero-order valence-corrected chi connectivity index (χ0v) is 11.7. The van der Waals surface area contributed by atoms with Gasteiger partial charge in [0.15, 0.2) is 6.10 Å². The Morgan fingerprint density at radius 3 is 2.75 bits per heavy atom. The number of carbonyl (C=O) groups is 1. The van der Waals surface area contributed by atoms with Crippen LogP contribution in [-0.4, -0.2) is 32.9 Å². The van der Waals surface area contributed by atoms with Gasteiger partial charge in [0.05, 0.1) is 11.8 Å². The second-order valence-electron chi connectivity index (χ2n) is 4.58. The van der Waals surface area contributed by atoms with Gasteiger partial charge in [0.25, 0.3) is 0 Å². The van der Waals surface area contributed by atoms with E-state index in [0.717, 1.165) is 5.69 Å². The molecular weight excluding hydrogens is 258 g/mol. The fourth-order valence-corrected chi connectivity index (χ4v) is 1.62. The minimum atomic E-state index is -0.664. The highest BCUT2D eigenvalue weighted by Crippen LogP contribution is 2.17. The Labute approximate surface area is 117 Å². The molecule has 1 aromatic carbocycles. The highest BCUT2D eigenvalue weighted by molar-refractivity contribution is 5.74. The lowest BCUT2D eigenvalue weighted by molar-refractivity contribution is -0.154. The van der Waals surface area contributed by atoms with Crippen molar-refractivity contribution in [3.05, 3.63) is 36.9 Å². The molecule has 0 bridgehead atoms. The van der Waals surface area contributed by atoms with Crippen molar-refractivity contribution < 1.29 is 14.3 Å². The van der Waals surface area contributed by atoms with Crippen molar-refractivity contribution in [2.75, 3.05) is 0 Å². The van der Waals surface area contributed by atoms with Crippen molar-refractivity contribution in [2.45, 2.75) is 33.0 Å². The van der Waals surface area contributed by atoms with Crippen LogP contribution in [0, 0.1) is 0 Å². The molecule has 1 atom stereocenters. The molecule has 0 aliphatic rings. The first-order valence-electron chi connectivity index (χ1n) is 6.38. The third-order valence-electron chi connectivity index (χ3n) is 2.50. The molecule has 0 aliphatic carbocycles. The molecule has 0 amide bonds. The summed E-state index contributed by atoms with van der Waals surface area (Å²) >= 11 is 0. The SMILES string of the molecule is CC(C)OC(=O)C(C)Oc1cccc(-n2cncn2)c1. The second-order valence-corrected chi connectivity index (χ2v) is 4.58. The Bertz CT molecular complexity index is 567. The summed E-state index contributed by atoms with van der Waals surface area (Å²) in [5.74, 6) is 0.192. The molecule has 106 valence electrons. The summed E-state index contributed by atoms with van der Waals surface area (Å²) in [7, 11) is 0. The summed E-state index contributed by atoms with van der Waals surface area (Å²) in [5, 5.41) is 4.04. The first-order valence-corrected chi connectivity index (χ1v) is 6.38. The van der Waals surface area contributed by atoms with Gasteiger partial charge in [0.1, 0.15) is 18.4 Å². The zero-order chi connectivity index (χ0) is 14.5. The van der Waals surface area contributed by atoms with Crippen LogP contribution in [0.2, 0.25) is 0 Å². The maximum atomic E-state index is 11.7. The van der Waals surface area contributed by atoms with E-state index in [4.69, 9.17) is 9.47 Å². The molecule has 0 spiro atoms. The van der Waals surface area contributed by atoms with E-state index in [2.05, 4.69) is 10.1 Å². The lowest BCUT2D eigenvalue weighted by Crippen LogP contribution is -2.28. The molecule has 0 N–H and O–H groups in total. The highest BCUT2D eigenvalue weighted by Gasteiger charge is 2.17. The van der Waals surface area contributed by atoms with Crippen LogP contribution in [0.25, 0.3) is 5.69 Å². The average Bonchev–Trinajstić information content (AvgIpc) is 2.92. The molecule has 0 fully saturated rings. The standard InChI is InChI=1S/C14H17N3O3/c1-10(2)19-14(18)11(3)20-13-6-4-5-12(7-13)17-9-15-8-16-17/h4-11H,1-3H3. The lowest BCUT2D eigenvalue weighted by atomic mass is 10.3. The Kier molecular flexibility index (Phi) is 4.34. The van der Waals surface area contributed by atoms with E-state index in [1.54, 1.807) is 43.9 Å². The number of rotatable bonds is 5. The fraction of sp³-hybridized carbons (Fsp3) is 0.357. The molecule has 1 aromatic heterocycles. The number of hydrogen-bond donors (Lipinski definition) is 0. The van der Waals surface area contributed by atoms with E-state index in [1.807, 2.05) is 12.1 Å². The van der Waals surface area contributed by atoms with Gasteiger partial charge in [-0.05, 0) is 32.9 Å². The van der Waals surface area contributed by atoms with Crippen LogP contribution < -0.4 is 4.74 Å². The van der Waals surface area contributed by atoms with E-state index in [1.165, 1.54) is 6.33 Å². The molecule has 2 aromatic rings. The van der Waals surface area contributed by atoms with Crippen LogP contribution in [0.1, 0.15) is 20.8 Å². The lowest BCUT2D eigenvalue weighted by Gasteiger charge is -2.16. The molecule has 0 saturated carbocycles. The molecule has 0 saturated heterocycles. The predicted molar refractivity (Wildman–Crippen MR) is 72.7 cm³/mol. The number of aromatic nitrogens is 3. The summed E-state index contributed by atoms with van der Waals surface area (Å²) in [5.41, 5.74) is 0.810. The molecule has 6 nitrogen and oxygen atoms in total. The van der Waals surface area contributed by atoms with Crippen molar-refractivity contribution in [3.8, 4) is 11.4 Å². The largest absolute Gasteiger partial charge is 0.479 e. The van der Waals surface area contributed by atoms with Gasteiger partial charge < -0.3 is 9.47 Å². The summed E-state index contributed by atoms with van der Waals surface area (Å²) in [6, 6.07) is 7.26. The van der Waals surface area contributed by atoms with Crippen molar-refractivity contribution in [2.24, 2.45) is 0 Å². The van der Waals surface area contributed by atoms with Crippen LogP contribution in [-0.2, 0) is 9.53 Å². The number of ether oxygens (including phenoxy) is 2. The number of carbonyl (C=O) groups excluding carboxylic acids is 1. The second kappa shape index (κ2) is 6.18. The van der Waals surface area contributed by atoms with E-state index >= 15 is 0 Å². The number of nitrogens with zero attached hydrogens (tertiary/aromatic N) is 3. The molecule has 2 rings (SSSR count). The summed E-state index contributed by atoms with van der Waals surface area (Å²) in [6.45, 7) is 5.26. The minimum absolute atomic E-state index is 0.157. The molecule has 6 heteroatoms. The average molecular weight is 275 g/mol. The Balaban J connectivity index is 2.06. The minimum Gasteiger partial charge on any atom is -0.479 e. The van der Waals surface area contributed by atoms with Gasteiger partial charge in [-0.1, -0.05) is 6.07 Å². The highest BCUT2D eigenvalue weighted by atomic mass is 16.6. The molecule has 20 heavy (non-hydrogen) atoms. The Hall–Kier alpha value is -2.37. The Morgan fingerprint density at radius 1 is 1.30 bits per heavy atom. The smallest absolute Gasteiger partial charge is 0.347 e. The van der Waals surface area contributed by atoms with Gasteiger partial charge in [0.2, 0.25) is 0 Å². The summed E-state index contributed by atoms with van der Waals surface area (Å²) < 4.78 is 12.3. The van der Waals surface area contributed by atoms with Crippen molar-refractivity contribution in [1.29, 1.82) is 0 Å². The van der Waals surface area contributed by atoms with Crippen LogP contribution in [0.5, 0.6) is 5.75 Å². The fourth-order valence-electron chi connectivity index (χ4n) is 1.62. The van der Waals surface area contributed by atoms with Gasteiger partial charge in [-0.15, -0.1) is 0 Å². The van der Waals surface area contributed by atoms with Crippen molar-refractivity contribution in [1.82, 2.24) is 14.8 Å². The van der Waals surface area contributed by atoms with Gasteiger partial charge in [0, 0.05) is 6.07 Å². The maximum Gasteiger partial charge on any atom is 0.347 e. The Morgan fingerprint density at radius 2 is 2.10 bits per heavy atom. The van der Waals surface area contributed by atoms with Gasteiger partial charge in [-0.2, -0.15) is 5.10 Å². The molecule has 1 heterocycles. The van der Waals surface area contributed by atoms with E-state index < -0.39 is 6.10 Å². The third-order valence-corrected chi connectivity index (χ3v) is 2.50. The van der Waals surface area contributed by atoms with E-state index in [-0.39, 0.29) is 12.1 Å². The summed E-state index contributed by atoms with van der Waals surface area (Å²) in [6.07, 6.45) is 2.23. The predicted octanol–water partition coefficient (Wildman–Crippen LogP) is 1.99. The topological polar surface area (TPSA) is 66.2 Å². The normalized spacial score (nSPS) is 12.2. The van der Waals surface area contributed by atoms with Crippen LogP contribution in [0.3, 0.4) is 0 Å². The molecule has 1 unspecified atom stereocenters. The number of hydrogen-bond acceptors (Lipinski definition) is 5. The van der Waals surface area contributed by atoms with Gasteiger partial charge in [-0.25, -0.2) is 14.5 Å². The summed E-state index contributed by atoms with van der Waals surface area (Å²) in [4.78, 5) is 15.6. The van der Waals surface area contributed by atoms with E-state index in [9.17, 15) is 4.79 Å². The van der Waals surface area contributed by atoms with Gasteiger partial charge in [-0.3, -0.25) is 0 Å². The van der Waals surface area contributed by atoms with Gasteiger partial charge >= 0.3 is 5.97 Å². The first kappa shape index (κ1) is 14.0. The van der Waals surface area contributed by atoms with Crippen molar-refractivity contribution in [3.63, 3.8) is 0 Å². The zero-order valence-electron chi connectivity index (χ0n) is 11.7. The molecule has 0 radical (unpaired) electrons. The number of esters is 1.